The molecule has 0 N–H and O–H groups in total. The Hall–Kier alpha value is -4.30. The molecule has 0 radical (unpaired) electrons. The molecule has 172 valence electrons. The fourth-order valence-corrected chi connectivity index (χ4v) is 4.87. The van der Waals surface area contributed by atoms with E-state index in [-0.39, 0.29) is 0 Å². The van der Waals surface area contributed by atoms with Crippen molar-refractivity contribution in [2.75, 3.05) is 9.80 Å². The molecule has 5 rings (SSSR count). The third kappa shape index (κ3) is 4.20. The van der Waals surface area contributed by atoms with E-state index in [4.69, 9.17) is 0 Å². The summed E-state index contributed by atoms with van der Waals surface area (Å²) < 4.78 is 0. The Balaban J connectivity index is 1.52. The number of nitrogens with zero attached hydrogens (tertiary/aromatic N) is 2. The van der Waals surface area contributed by atoms with Crippen LogP contribution in [0.1, 0.15) is 25.0 Å². The van der Waals surface area contributed by atoms with Crippen LogP contribution in [0.4, 0.5) is 22.7 Å². The van der Waals surface area contributed by atoms with Crippen LogP contribution in [0.3, 0.4) is 0 Å². The number of allylic oxidation sites excluding steroid dienone is 3. The van der Waals surface area contributed by atoms with Gasteiger partial charge in [0.15, 0.2) is 0 Å². The van der Waals surface area contributed by atoms with E-state index in [9.17, 15) is 0 Å². The fraction of sp³-hybridized carbons (Fsp3) is 0.0909. The molecule has 0 amide bonds. The molecule has 0 saturated heterocycles. The van der Waals surface area contributed by atoms with Crippen LogP contribution in [0, 0.1) is 0 Å². The van der Waals surface area contributed by atoms with Gasteiger partial charge in [-0.15, -0.1) is 0 Å². The second-order valence-corrected chi connectivity index (χ2v) is 8.83. The molecule has 1 aliphatic carbocycles. The smallest absolute Gasteiger partial charge is 0.0464 e. The molecule has 0 fully saturated rings. The van der Waals surface area contributed by atoms with Crippen LogP contribution in [0.5, 0.6) is 0 Å². The van der Waals surface area contributed by atoms with Gasteiger partial charge in [-0.25, -0.2) is 0 Å². The zero-order valence-electron chi connectivity index (χ0n) is 20.4. The van der Waals surface area contributed by atoms with Crippen LogP contribution in [0.2, 0.25) is 0 Å². The van der Waals surface area contributed by atoms with Gasteiger partial charge >= 0.3 is 0 Å². The Kier molecular flexibility index (Phi) is 6.12. The van der Waals surface area contributed by atoms with Crippen molar-refractivity contribution in [3.8, 4) is 11.1 Å². The van der Waals surface area contributed by atoms with Gasteiger partial charge in [0.2, 0.25) is 0 Å². The second-order valence-electron chi connectivity index (χ2n) is 8.83. The largest absolute Gasteiger partial charge is 0.315 e. The monoisotopic (exact) mass is 454 g/mol. The van der Waals surface area contributed by atoms with Gasteiger partial charge in [-0.05, 0) is 97.1 Å². The predicted octanol–water partition coefficient (Wildman–Crippen LogP) is 9.16. The molecule has 2 nitrogen and oxygen atoms in total. The highest BCUT2D eigenvalue weighted by Gasteiger charge is 2.22. The van der Waals surface area contributed by atoms with E-state index in [0.29, 0.717) is 0 Å². The first-order valence-electron chi connectivity index (χ1n) is 12.0. The summed E-state index contributed by atoms with van der Waals surface area (Å²) in [6.07, 6.45) is 4.88. The minimum atomic E-state index is 0.856. The van der Waals surface area contributed by atoms with Crippen molar-refractivity contribution in [1.82, 2.24) is 0 Å². The zero-order chi connectivity index (χ0) is 24.4. The third-order valence-electron chi connectivity index (χ3n) is 6.69. The highest BCUT2D eigenvalue weighted by Crippen LogP contribution is 2.43. The van der Waals surface area contributed by atoms with Crippen LogP contribution in [-0.4, -0.2) is 0 Å². The van der Waals surface area contributed by atoms with Crippen LogP contribution in [-0.2, 0) is 6.42 Å². The topological polar surface area (TPSA) is 6.48 Å². The number of fused-ring (bicyclic) bond motifs is 3. The highest BCUT2D eigenvalue weighted by atomic mass is 15.1. The molecule has 4 aromatic rings. The maximum Gasteiger partial charge on any atom is 0.0464 e. The first kappa shape index (κ1) is 22.5. The van der Waals surface area contributed by atoms with Crippen molar-refractivity contribution in [1.29, 1.82) is 0 Å². The van der Waals surface area contributed by atoms with Gasteiger partial charge in [0.1, 0.15) is 0 Å². The number of benzene rings is 4. The maximum absolute atomic E-state index is 4.24. The summed E-state index contributed by atoms with van der Waals surface area (Å²) in [5, 5.41) is 0. The number of anilines is 4. The summed E-state index contributed by atoms with van der Waals surface area (Å²) in [6.45, 7) is 12.4. The minimum Gasteiger partial charge on any atom is -0.315 e. The van der Waals surface area contributed by atoms with E-state index >= 15 is 0 Å². The zero-order valence-corrected chi connectivity index (χ0v) is 20.4. The lowest BCUT2D eigenvalue weighted by Gasteiger charge is -2.26. The van der Waals surface area contributed by atoms with Gasteiger partial charge in [0.25, 0.3) is 0 Å². The number of hydrogen-bond donors (Lipinski definition) is 0. The Morgan fingerprint density at radius 3 is 1.66 bits per heavy atom. The molecule has 0 saturated carbocycles. The van der Waals surface area contributed by atoms with Crippen molar-refractivity contribution < 1.29 is 0 Å². The summed E-state index contributed by atoms with van der Waals surface area (Å²) in [4.78, 5) is 4.48. The minimum absolute atomic E-state index is 0.856. The molecule has 35 heavy (non-hydrogen) atoms. The molecule has 0 unspecified atom stereocenters. The molecule has 0 atom stereocenters. The molecule has 0 spiro atoms. The molecule has 0 aromatic heterocycles. The van der Waals surface area contributed by atoms with E-state index in [2.05, 4.69) is 134 Å². The lowest BCUT2D eigenvalue weighted by molar-refractivity contribution is 1.14. The quantitative estimate of drug-likeness (QED) is 0.226. The highest BCUT2D eigenvalue weighted by molar-refractivity contribution is 5.83. The van der Waals surface area contributed by atoms with Crippen molar-refractivity contribution >= 4 is 22.7 Å². The lowest BCUT2D eigenvalue weighted by Crippen LogP contribution is -2.14. The Morgan fingerprint density at radius 1 is 0.686 bits per heavy atom. The van der Waals surface area contributed by atoms with E-state index in [1.807, 2.05) is 12.1 Å². The van der Waals surface area contributed by atoms with Crippen molar-refractivity contribution in [3.63, 3.8) is 0 Å². The first-order valence-corrected chi connectivity index (χ1v) is 12.0. The standard InChI is InChI=1S/C33H30N2/c1-5-24(3)34(28-13-9-7-10-14-28)30-17-19-32-26(22-30)21-27-23-31(18-20-33(27)32)35(25(4)6-2)29-15-11-8-12-16-29/h5-20,22-23H,1,3,21H2,2,4H3/b25-6+. The van der Waals surface area contributed by atoms with E-state index < -0.39 is 0 Å². The number of rotatable bonds is 7. The maximum atomic E-state index is 4.24. The molecule has 4 aromatic carbocycles. The van der Waals surface area contributed by atoms with E-state index in [1.54, 1.807) is 0 Å². The van der Waals surface area contributed by atoms with Crippen LogP contribution in [0.25, 0.3) is 11.1 Å². The molecule has 0 heterocycles. The number of para-hydroxylation sites is 2. The summed E-state index contributed by atoms with van der Waals surface area (Å²) in [7, 11) is 0. The van der Waals surface area contributed by atoms with Crippen molar-refractivity contribution in [2.24, 2.45) is 0 Å². The molecular formula is C33H30N2. The normalized spacial score (nSPS) is 12.0. The van der Waals surface area contributed by atoms with Gasteiger partial charge in [-0.1, -0.05) is 67.8 Å². The van der Waals surface area contributed by atoms with Gasteiger partial charge in [-0.3, -0.25) is 0 Å². The van der Waals surface area contributed by atoms with Gasteiger partial charge in [0, 0.05) is 34.1 Å². The third-order valence-corrected chi connectivity index (χ3v) is 6.69. The average molecular weight is 455 g/mol. The fourth-order valence-electron chi connectivity index (χ4n) is 4.87. The van der Waals surface area contributed by atoms with E-state index in [0.717, 1.165) is 23.5 Å². The van der Waals surface area contributed by atoms with Gasteiger partial charge in [0.05, 0.1) is 0 Å². The number of hydrogen-bond acceptors (Lipinski definition) is 2. The Morgan fingerprint density at radius 2 is 1.17 bits per heavy atom. The van der Waals surface area contributed by atoms with E-state index in [1.165, 1.54) is 39.3 Å². The molecule has 0 bridgehead atoms. The Bertz CT molecular complexity index is 1320. The van der Waals surface area contributed by atoms with Gasteiger partial charge in [-0.2, -0.15) is 0 Å². The van der Waals surface area contributed by atoms with Crippen LogP contribution >= 0.6 is 0 Å². The summed E-state index contributed by atoms with van der Waals surface area (Å²) >= 11 is 0. The SMILES string of the molecule is C=CC(=C)N(c1ccccc1)c1ccc2c(c1)Cc1cc(N(/C(C)=C/C)c3ccccc3)ccc1-2. The molecule has 1 aliphatic rings. The summed E-state index contributed by atoms with van der Waals surface area (Å²) in [5.41, 5.74) is 11.9. The van der Waals surface area contributed by atoms with Crippen LogP contribution in [0.15, 0.2) is 134 Å². The van der Waals surface area contributed by atoms with Crippen LogP contribution < -0.4 is 9.80 Å². The van der Waals surface area contributed by atoms with Gasteiger partial charge < -0.3 is 9.80 Å². The van der Waals surface area contributed by atoms with Crippen molar-refractivity contribution in [3.05, 3.63) is 145 Å². The lowest BCUT2D eigenvalue weighted by atomic mass is 10.0. The first-order chi connectivity index (χ1) is 17.1. The molecule has 0 aliphatic heterocycles. The summed E-state index contributed by atoms with van der Waals surface area (Å²) in [6, 6.07) is 34.5. The van der Waals surface area contributed by atoms with Crippen molar-refractivity contribution in [2.45, 2.75) is 20.3 Å². The second kappa shape index (κ2) is 9.52. The average Bonchev–Trinajstić information content (AvgIpc) is 3.27. The molecular weight excluding hydrogens is 424 g/mol. The summed E-state index contributed by atoms with van der Waals surface area (Å²) in [5.74, 6) is 0. The predicted molar refractivity (Wildman–Crippen MR) is 151 cm³/mol. The molecule has 2 heteroatoms. The Labute approximate surface area is 208 Å².